The van der Waals surface area contributed by atoms with E-state index in [0.717, 1.165) is 0 Å². The minimum Gasteiger partial charge on any atom is -0.135 e. The molecule has 78 valence electrons. The van der Waals surface area contributed by atoms with Crippen molar-refractivity contribution in [2.75, 3.05) is 0 Å². The molecule has 0 aliphatic carbocycles. The van der Waals surface area contributed by atoms with Crippen molar-refractivity contribution >= 4 is 31.5 Å². The first-order chi connectivity index (χ1) is 7.86. The molecule has 0 fully saturated rings. The Balaban J connectivity index is 0.000000292. The van der Waals surface area contributed by atoms with Crippen LogP contribution in [0.5, 0.6) is 0 Å². The summed E-state index contributed by atoms with van der Waals surface area (Å²) >= 11 is -0.138. The average Bonchev–Trinajstić information content (AvgIpc) is 2.68. The molecule has 0 saturated carbocycles. The first-order valence-electron chi connectivity index (χ1n) is 4.72. The number of benzene rings is 2. The van der Waals surface area contributed by atoms with Crippen LogP contribution in [0.15, 0.2) is 48.5 Å². The van der Waals surface area contributed by atoms with E-state index in [1.807, 2.05) is 11.3 Å². The maximum Gasteiger partial charge on any atom is 0.0355 e. The molecule has 0 radical (unpaired) electrons. The molecule has 0 amide bonds. The van der Waals surface area contributed by atoms with Gasteiger partial charge in [0.25, 0.3) is 0 Å². The third-order valence-electron chi connectivity index (χ3n) is 2.28. The Labute approximate surface area is 105 Å². The average molecular weight is 264 g/mol. The van der Waals surface area contributed by atoms with Gasteiger partial charge in [-0.2, -0.15) is 0 Å². The van der Waals surface area contributed by atoms with Crippen molar-refractivity contribution in [3.05, 3.63) is 48.5 Å². The monoisotopic (exact) mass is 264 g/mol. The van der Waals surface area contributed by atoms with Crippen LogP contribution in [0.1, 0.15) is 0 Å². The van der Waals surface area contributed by atoms with Gasteiger partial charge in [0.05, 0.1) is 0 Å². The van der Waals surface area contributed by atoms with Crippen LogP contribution in [0.2, 0.25) is 0 Å². The molecule has 0 saturated heterocycles. The molecule has 0 bridgehead atoms. The van der Waals surface area contributed by atoms with Crippen LogP contribution in [0, 0.1) is 0 Å². The van der Waals surface area contributed by atoms with E-state index >= 15 is 0 Å². The smallest absolute Gasteiger partial charge is 0.0355 e. The Morgan fingerprint density at radius 1 is 0.750 bits per heavy atom. The van der Waals surface area contributed by atoms with Crippen molar-refractivity contribution in [1.29, 1.82) is 0 Å². The van der Waals surface area contributed by atoms with Crippen molar-refractivity contribution < 1.29 is 25.7 Å². The van der Waals surface area contributed by atoms with Crippen LogP contribution in [0.4, 0.5) is 0 Å². The number of hydrogen-bond acceptors (Lipinski definition) is 3. The van der Waals surface area contributed by atoms with Crippen molar-refractivity contribution in [1.82, 2.24) is 0 Å². The summed E-state index contributed by atoms with van der Waals surface area (Å²) in [5.74, 6) is 0. The van der Waals surface area contributed by atoms with Crippen LogP contribution < -0.4 is 0 Å². The summed E-state index contributed by atoms with van der Waals surface area (Å²) in [5.41, 5.74) is 0. The van der Waals surface area contributed by atoms with Gasteiger partial charge < -0.3 is 0 Å². The molecule has 0 atom stereocenters. The molecule has 3 aromatic rings. The fraction of sp³-hybridized carbons (Fsp3) is 0. The van der Waals surface area contributed by atoms with Gasteiger partial charge in [-0.1, -0.05) is 36.4 Å². The van der Waals surface area contributed by atoms with Gasteiger partial charge >= 0.3 is 25.7 Å². The van der Waals surface area contributed by atoms with Gasteiger partial charge in [0, 0.05) is 20.2 Å². The SMILES string of the molecule is [O]=[Ti]=[O].c1ccc2c(c1)sc1ccccc12. The van der Waals surface area contributed by atoms with Crippen molar-refractivity contribution in [3.8, 4) is 0 Å². The van der Waals surface area contributed by atoms with Crippen LogP contribution in [0.3, 0.4) is 0 Å². The number of fused-ring (bicyclic) bond motifs is 3. The molecule has 2 nitrogen and oxygen atoms in total. The Morgan fingerprint density at radius 3 is 1.56 bits per heavy atom. The van der Waals surface area contributed by atoms with E-state index in [1.54, 1.807) is 0 Å². The van der Waals surface area contributed by atoms with Gasteiger partial charge in [-0.05, 0) is 12.1 Å². The van der Waals surface area contributed by atoms with E-state index in [4.69, 9.17) is 6.65 Å². The predicted octanol–water partition coefficient (Wildman–Crippen LogP) is 3.81. The molecule has 1 aromatic heterocycles. The third-order valence-corrected chi connectivity index (χ3v) is 3.44. The Kier molecular flexibility index (Phi) is 3.83. The molecular formula is C12H8O2STi. The summed E-state index contributed by atoms with van der Waals surface area (Å²) in [5, 5.41) is 2.76. The molecule has 1 heterocycles. The van der Waals surface area contributed by atoms with E-state index in [1.165, 1.54) is 20.2 Å². The Morgan fingerprint density at radius 2 is 1.12 bits per heavy atom. The second-order valence-corrected chi connectivity index (χ2v) is 4.52. The molecular weight excluding hydrogens is 256 g/mol. The van der Waals surface area contributed by atoms with E-state index in [2.05, 4.69) is 48.5 Å². The maximum absolute atomic E-state index is 8.50. The molecule has 0 unspecified atom stereocenters. The van der Waals surface area contributed by atoms with Gasteiger partial charge in [0.1, 0.15) is 0 Å². The predicted molar refractivity (Wildman–Crippen MR) is 60.7 cm³/mol. The first kappa shape index (κ1) is 11.5. The number of thiophene rings is 1. The van der Waals surface area contributed by atoms with E-state index in [-0.39, 0.29) is 0 Å². The summed E-state index contributed by atoms with van der Waals surface area (Å²) in [6, 6.07) is 17.1. The number of rotatable bonds is 0. The second-order valence-electron chi connectivity index (χ2n) is 3.18. The van der Waals surface area contributed by atoms with E-state index in [0.29, 0.717) is 0 Å². The zero-order chi connectivity index (χ0) is 11.4. The largest absolute Gasteiger partial charge is 0.135 e. The van der Waals surface area contributed by atoms with Gasteiger partial charge in [0.15, 0.2) is 0 Å². The molecule has 16 heavy (non-hydrogen) atoms. The second kappa shape index (κ2) is 5.35. The van der Waals surface area contributed by atoms with Crippen LogP contribution in [-0.2, 0) is 25.7 Å². The Bertz CT molecular complexity index is 604. The van der Waals surface area contributed by atoms with Crippen molar-refractivity contribution in [2.24, 2.45) is 0 Å². The zero-order valence-corrected chi connectivity index (χ0v) is 10.7. The molecule has 0 aliphatic heterocycles. The zero-order valence-electron chi connectivity index (χ0n) is 8.34. The minimum absolute atomic E-state index is 1.38. The van der Waals surface area contributed by atoms with Crippen molar-refractivity contribution in [3.63, 3.8) is 0 Å². The quantitative estimate of drug-likeness (QED) is 0.578. The standard InChI is InChI=1S/C12H8S.2O.Ti/c1-3-7-11-9(5-1)10-6-2-4-8-12(10)13-11;;;/h1-8H;;;. The fourth-order valence-electron chi connectivity index (χ4n) is 1.67. The third kappa shape index (κ3) is 2.22. The maximum atomic E-state index is 8.50. The molecule has 0 aliphatic rings. The fourth-order valence-corrected chi connectivity index (χ4v) is 2.78. The van der Waals surface area contributed by atoms with Crippen LogP contribution >= 0.6 is 11.3 Å². The van der Waals surface area contributed by atoms with Gasteiger partial charge in [-0.15, -0.1) is 11.3 Å². The topological polar surface area (TPSA) is 34.1 Å². The molecule has 2 aromatic carbocycles. The Hall–Kier alpha value is -1.03. The molecule has 3 rings (SSSR count). The number of hydrogen-bond donors (Lipinski definition) is 0. The van der Waals surface area contributed by atoms with E-state index in [9.17, 15) is 0 Å². The first-order valence-corrected chi connectivity index (χ1v) is 6.81. The van der Waals surface area contributed by atoms with Gasteiger partial charge in [0.2, 0.25) is 0 Å². The molecule has 0 spiro atoms. The summed E-state index contributed by atoms with van der Waals surface area (Å²) in [7, 11) is 0. The normalized spacial score (nSPS) is 9.50. The van der Waals surface area contributed by atoms with Gasteiger partial charge in [-0.25, -0.2) is 0 Å². The van der Waals surface area contributed by atoms with Crippen LogP contribution in [-0.4, -0.2) is 0 Å². The summed E-state index contributed by atoms with van der Waals surface area (Å²) in [6.45, 7) is 0. The van der Waals surface area contributed by atoms with Gasteiger partial charge in [-0.3, -0.25) is 0 Å². The summed E-state index contributed by atoms with van der Waals surface area (Å²) in [4.78, 5) is 0. The molecule has 4 heteroatoms. The minimum atomic E-state index is -2.00. The van der Waals surface area contributed by atoms with E-state index < -0.39 is 19.1 Å². The summed E-state index contributed by atoms with van der Waals surface area (Å²) < 4.78 is 19.8. The summed E-state index contributed by atoms with van der Waals surface area (Å²) in [6.07, 6.45) is 0. The molecule has 0 N–H and O–H groups in total. The van der Waals surface area contributed by atoms with Crippen LogP contribution in [0.25, 0.3) is 20.2 Å². The van der Waals surface area contributed by atoms with Crippen molar-refractivity contribution in [2.45, 2.75) is 0 Å².